The third-order valence-corrected chi connectivity index (χ3v) is 6.54. The number of piperazine rings is 1. The maximum absolute atomic E-state index is 13.1. The monoisotopic (exact) mass is 511 g/mol. The Balaban J connectivity index is 1.17. The van der Waals surface area contributed by atoms with Crippen LogP contribution in [0, 0.1) is 0 Å². The maximum atomic E-state index is 13.1. The Morgan fingerprint density at radius 2 is 1.45 bits per heavy atom. The van der Waals surface area contributed by atoms with Crippen LogP contribution in [0.25, 0.3) is 11.3 Å². The quantitative estimate of drug-likeness (QED) is 0.368. The number of furan rings is 1. The van der Waals surface area contributed by atoms with Crippen molar-refractivity contribution >= 4 is 23.2 Å². The third kappa shape index (κ3) is 5.49. The summed E-state index contributed by atoms with van der Waals surface area (Å²) in [6, 6.07) is 26.0. The molecule has 8 heteroatoms. The van der Waals surface area contributed by atoms with Crippen molar-refractivity contribution in [3.05, 3.63) is 96.3 Å². The number of ether oxygens (including phenoxy) is 2. The third-order valence-electron chi connectivity index (χ3n) is 6.54. The standard InChI is InChI=1S/C30H29N3O5/c1-36-25-18-22(19-26(20-25)37-2)30(35)33-16-14-32(15-17-33)24-10-8-23(9-11-24)31-29(34)28-13-12-27(38-28)21-6-4-3-5-7-21/h3-13,18-20H,14-17H2,1-2H3,(H,31,34). The van der Waals surface area contributed by atoms with Crippen LogP contribution in [-0.2, 0) is 0 Å². The summed E-state index contributed by atoms with van der Waals surface area (Å²) in [4.78, 5) is 29.8. The number of methoxy groups -OCH3 is 2. The zero-order chi connectivity index (χ0) is 26.5. The van der Waals surface area contributed by atoms with Crippen LogP contribution in [-0.4, -0.2) is 57.1 Å². The van der Waals surface area contributed by atoms with Crippen molar-refractivity contribution in [3.8, 4) is 22.8 Å². The molecule has 4 aromatic rings. The maximum Gasteiger partial charge on any atom is 0.291 e. The van der Waals surface area contributed by atoms with Crippen molar-refractivity contribution in [1.29, 1.82) is 0 Å². The number of nitrogens with one attached hydrogen (secondary N) is 1. The van der Waals surface area contributed by atoms with Crippen molar-refractivity contribution in [2.24, 2.45) is 0 Å². The zero-order valence-corrected chi connectivity index (χ0v) is 21.3. The predicted molar refractivity (Wildman–Crippen MR) is 146 cm³/mol. The summed E-state index contributed by atoms with van der Waals surface area (Å²) in [5, 5.41) is 2.89. The molecule has 194 valence electrons. The van der Waals surface area contributed by atoms with Gasteiger partial charge in [0.1, 0.15) is 17.3 Å². The summed E-state index contributed by atoms with van der Waals surface area (Å²) >= 11 is 0. The van der Waals surface area contributed by atoms with E-state index in [1.807, 2.05) is 59.5 Å². The predicted octanol–water partition coefficient (Wildman–Crippen LogP) is 5.18. The van der Waals surface area contributed by atoms with Gasteiger partial charge in [-0.1, -0.05) is 30.3 Å². The topological polar surface area (TPSA) is 84.3 Å². The lowest BCUT2D eigenvalue weighted by molar-refractivity contribution is 0.0746. The van der Waals surface area contributed by atoms with E-state index in [1.165, 1.54) is 0 Å². The van der Waals surface area contributed by atoms with Crippen molar-refractivity contribution in [1.82, 2.24) is 4.90 Å². The minimum atomic E-state index is -0.304. The molecule has 0 bridgehead atoms. The summed E-state index contributed by atoms with van der Waals surface area (Å²) < 4.78 is 16.3. The molecule has 0 saturated carbocycles. The van der Waals surface area contributed by atoms with Crippen LogP contribution in [0.1, 0.15) is 20.9 Å². The number of carbonyl (C=O) groups excluding carboxylic acids is 2. The number of amides is 2. The van der Waals surface area contributed by atoms with Gasteiger partial charge in [-0.05, 0) is 48.5 Å². The lowest BCUT2D eigenvalue weighted by atomic mass is 10.1. The first-order valence-corrected chi connectivity index (χ1v) is 12.4. The number of nitrogens with zero attached hydrogens (tertiary/aromatic N) is 2. The van der Waals surface area contributed by atoms with Gasteiger partial charge in [-0.15, -0.1) is 0 Å². The molecular weight excluding hydrogens is 482 g/mol. The van der Waals surface area contributed by atoms with Gasteiger partial charge in [-0.3, -0.25) is 9.59 Å². The number of carbonyl (C=O) groups is 2. The molecule has 0 aliphatic carbocycles. The summed E-state index contributed by atoms with van der Waals surface area (Å²) in [5.74, 6) is 1.72. The van der Waals surface area contributed by atoms with E-state index in [9.17, 15) is 9.59 Å². The number of anilines is 2. The second kappa shape index (κ2) is 11.1. The largest absolute Gasteiger partial charge is 0.497 e. The molecule has 0 spiro atoms. The van der Waals surface area contributed by atoms with E-state index in [0.717, 1.165) is 11.3 Å². The lowest BCUT2D eigenvalue weighted by Gasteiger charge is -2.36. The SMILES string of the molecule is COc1cc(OC)cc(C(=O)N2CCN(c3ccc(NC(=O)c4ccc(-c5ccccc5)o4)cc3)CC2)c1. The fourth-order valence-corrected chi connectivity index (χ4v) is 4.45. The summed E-state index contributed by atoms with van der Waals surface area (Å²) in [7, 11) is 3.13. The van der Waals surface area contributed by atoms with E-state index in [2.05, 4.69) is 10.2 Å². The second-order valence-corrected chi connectivity index (χ2v) is 8.91. The molecule has 0 atom stereocenters. The van der Waals surface area contributed by atoms with Gasteiger partial charge in [0.25, 0.3) is 11.8 Å². The van der Waals surface area contributed by atoms with Crippen LogP contribution < -0.4 is 19.7 Å². The van der Waals surface area contributed by atoms with E-state index in [0.29, 0.717) is 54.7 Å². The first-order chi connectivity index (χ1) is 18.5. The van der Waals surface area contributed by atoms with E-state index in [1.54, 1.807) is 44.6 Å². The van der Waals surface area contributed by atoms with Crippen molar-refractivity contribution < 1.29 is 23.5 Å². The molecule has 1 aliphatic rings. The molecule has 1 fully saturated rings. The summed E-state index contributed by atoms with van der Waals surface area (Å²) in [6.45, 7) is 2.60. The van der Waals surface area contributed by atoms with Crippen LogP contribution in [0.4, 0.5) is 11.4 Å². The highest BCUT2D eigenvalue weighted by Crippen LogP contribution is 2.26. The van der Waals surface area contributed by atoms with Crippen LogP contribution in [0.15, 0.2) is 89.3 Å². The first-order valence-electron chi connectivity index (χ1n) is 12.4. The van der Waals surface area contributed by atoms with Crippen molar-refractivity contribution in [3.63, 3.8) is 0 Å². The Hall–Kier alpha value is -4.72. The van der Waals surface area contributed by atoms with Gasteiger partial charge in [0.15, 0.2) is 5.76 Å². The molecule has 1 N–H and O–H groups in total. The van der Waals surface area contributed by atoms with Gasteiger partial charge in [0, 0.05) is 54.7 Å². The minimum absolute atomic E-state index is 0.0479. The molecule has 1 aromatic heterocycles. The van der Waals surface area contributed by atoms with Crippen LogP contribution in [0.2, 0.25) is 0 Å². The van der Waals surface area contributed by atoms with Gasteiger partial charge in [-0.25, -0.2) is 0 Å². The molecule has 1 aliphatic heterocycles. The average Bonchev–Trinajstić information content (AvgIpc) is 3.48. The number of hydrogen-bond acceptors (Lipinski definition) is 6. The van der Waals surface area contributed by atoms with Crippen LogP contribution in [0.3, 0.4) is 0 Å². The molecule has 2 amide bonds. The van der Waals surface area contributed by atoms with E-state index < -0.39 is 0 Å². The normalized spacial score (nSPS) is 13.2. The van der Waals surface area contributed by atoms with Gasteiger partial charge >= 0.3 is 0 Å². The fraction of sp³-hybridized carbons (Fsp3) is 0.200. The van der Waals surface area contributed by atoms with Crippen LogP contribution >= 0.6 is 0 Å². The number of hydrogen-bond donors (Lipinski definition) is 1. The van der Waals surface area contributed by atoms with Crippen LogP contribution in [0.5, 0.6) is 11.5 Å². The minimum Gasteiger partial charge on any atom is -0.497 e. The molecule has 5 rings (SSSR count). The second-order valence-electron chi connectivity index (χ2n) is 8.91. The van der Waals surface area contributed by atoms with Crippen molar-refractivity contribution in [2.75, 3.05) is 50.6 Å². The molecule has 0 unspecified atom stereocenters. The molecule has 3 aromatic carbocycles. The first kappa shape index (κ1) is 25.0. The highest BCUT2D eigenvalue weighted by molar-refractivity contribution is 6.02. The zero-order valence-electron chi connectivity index (χ0n) is 21.3. The van der Waals surface area contributed by atoms with Gasteiger partial charge in [0.05, 0.1) is 14.2 Å². The Bertz CT molecular complexity index is 1390. The Morgan fingerprint density at radius 1 is 0.789 bits per heavy atom. The molecular formula is C30H29N3O5. The average molecular weight is 512 g/mol. The van der Waals surface area contributed by atoms with Gasteiger partial charge in [0.2, 0.25) is 0 Å². The smallest absolute Gasteiger partial charge is 0.291 e. The fourth-order valence-electron chi connectivity index (χ4n) is 4.45. The Labute approximate surface area is 221 Å². The van der Waals surface area contributed by atoms with Gasteiger partial charge < -0.3 is 29.0 Å². The lowest BCUT2D eigenvalue weighted by Crippen LogP contribution is -2.48. The number of rotatable bonds is 7. The molecule has 1 saturated heterocycles. The number of benzene rings is 3. The molecule has 38 heavy (non-hydrogen) atoms. The Morgan fingerprint density at radius 3 is 2.08 bits per heavy atom. The Kier molecular flexibility index (Phi) is 7.31. The highest BCUT2D eigenvalue weighted by atomic mass is 16.5. The van der Waals surface area contributed by atoms with E-state index in [-0.39, 0.29) is 17.6 Å². The summed E-state index contributed by atoms with van der Waals surface area (Å²) in [6.07, 6.45) is 0. The van der Waals surface area contributed by atoms with E-state index in [4.69, 9.17) is 13.9 Å². The molecule has 8 nitrogen and oxygen atoms in total. The van der Waals surface area contributed by atoms with Gasteiger partial charge in [-0.2, -0.15) is 0 Å². The van der Waals surface area contributed by atoms with E-state index >= 15 is 0 Å². The molecule has 0 radical (unpaired) electrons. The molecule has 2 heterocycles. The van der Waals surface area contributed by atoms with Crippen molar-refractivity contribution in [2.45, 2.75) is 0 Å². The highest BCUT2D eigenvalue weighted by Gasteiger charge is 2.23. The summed E-state index contributed by atoms with van der Waals surface area (Å²) in [5.41, 5.74) is 3.17.